The molecule has 0 amide bonds. The number of benzene rings is 1. The molecular formula is C8H11ClF2N2. The minimum absolute atomic E-state index is 0. The molecule has 0 aliphatic heterocycles. The molecule has 0 aliphatic rings. The second kappa shape index (κ2) is 5.11. The third-order valence-electron chi connectivity index (χ3n) is 1.62. The second-order valence-corrected chi connectivity index (χ2v) is 2.48. The molecule has 5 heteroatoms. The summed E-state index contributed by atoms with van der Waals surface area (Å²) in [5.41, 5.74) is 10.4. The molecule has 0 radical (unpaired) electrons. The molecule has 0 aliphatic carbocycles. The fourth-order valence-corrected chi connectivity index (χ4v) is 0.983. The van der Waals surface area contributed by atoms with Crippen LogP contribution in [0, 0.1) is 11.6 Å². The van der Waals surface area contributed by atoms with Crippen LogP contribution in [0.1, 0.15) is 11.6 Å². The molecule has 0 saturated carbocycles. The van der Waals surface area contributed by atoms with E-state index in [0.29, 0.717) is 0 Å². The van der Waals surface area contributed by atoms with Crippen molar-refractivity contribution in [2.45, 2.75) is 6.04 Å². The molecular weight excluding hydrogens is 198 g/mol. The maximum Gasteiger partial charge on any atom is 0.130 e. The van der Waals surface area contributed by atoms with E-state index in [1.54, 1.807) is 0 Å². The Morgan fingerprint density at radius 3 is 2.08 bits per heavy atom. The van der Waals surface area contributed by atoms with Gasteiger partial charge in [0.15, 0.2) is 0 Å². The highest BCUT2D eigenvalue weighted by Crippen LogP contribution is 2.17. The van der Waals surface area contributed by atoms with Crippen molar-refractivity contribution in [2.75, 3.05) is 6.54 Å². The molecule has 0 unspecified atom stereocenters. The maximum atomic E-state index is 12.9. The molecule has 1 aromatic rings. The third kappa shape index (κ3) is 2.62. The van der Waals surface area contributed by atoms with Gasteiger partial charge >= 0.3 is 0 Å². The van der Waals surface area contributed by atoms with Gasteiger partial charge in [0.05, 0.1) is 0 Å². The Hall–Kier alpha value is -0.710. The van der Waals surface area contributed by atoms with Crippen LogP contribution < -0.4 is 11.5 Å². The van der Waals surface area contributed by atoms with Gasteiger partial charge in [-0.05, 0) is 12.1 Å². The lowest BCUT2D eigenvalue weighted by Crippen LogP contribution is -2.23. The van der Waals surface area contributed by atoms with Crippen molar-refractivity contribution in [2.24, 2.45) is 11.5 Å². The van der Waals surface area contributed by atoms with E-state index in [0.717, 1.165) is 12.1 Å². The predicted molar refractivity (Wildman–Crippen MR) is 49.6 cm³/mol. The number of hydrogen-bond acceptors (Lipinski definition) is 2. The zero-order chi connectivity index (χ0) is 9.14. The van der Waals surface area contributed by atoms with Crippen LogP contribution in [0.4, 0.5) is 8.78 Å². The summed E-state index contributed by atoms with van der Waals surface area (Å²) in [4.78, 5) is 0. The summed E-state index contributed by atoms with van der Waals surface area (Å²) in [5, 5.41) is 0. The van der Waals surface area contributed by atoms with Crippen molar-refractivity contribution < 1.29 is 8.78 Å². The van der Waals surface area contributed by atoms with Crippen molar-refractivity contribution in [3.63, 3.8) is 0 Å². The summed E-state index contributed by atoms with van der Waals surface area (Å²) in [6.07, 6.45) is 0. The van der Waals surface area contributed by atoms with Crippen LogP contribution in [0.25, 0.3) is 0 Å². The van der Waals surface area contributed by atoms with E-state index in [-0.39, 0.29) is 24.5 Å². The van der Waals surface area contributed by atoms with Crippen molar-refractivity contribution in [1.82, 2.24) is 0 Å². The topological polar surface area (TPSA) is 52.0 Å². The molecule has 0 aromatic heterocycles. The average molecular weight is 209 g/mol. The van der Waals surface area contributed by atoms with Gasteiger partial charge in [-0.15, -0.1) is 12.4 Å². The highest BCUT2D eigenvalue weighted by atomic mass is 35.5. The number of rotatable bonds is 2. The van der Waals surface area contributed by atoms with Gasteiger partial charge in [0, 0.05) is 18.2 Å². The van der Waals surface area contributed by atoms with Crippen molar-refractivity contribution in [1.29, 1.82) is 0 Å². The summed E-state index contributed by atoms with van der Waals surface area (Å²) in [5.74, 6) is -1.29. The lowest BCUT2D eigenvalue weighted by molar-refractivity contribution is 0.528. The average Bonchev–Trinajstić information content (AvgIpc) is 2.03. The fourth-order valence-electron chi connectivity index (χ4n) is 0.983. The summed E-state index contributed by atoms with van der Waals surface area (Å²) >= 11 is 0. The monoisotopic (exact) mass is 208 g/mol. The Morgan fingerprint density at radius 2 is 1.69 bits per heavy atom. The number of nitrogens with two attached hydrogens (primary N) is 2. The summed E-state index contributed by atoms with van der Waals surface area (Å²) in [6, 6.07) is 2.84. The zero-order valence-electron chi connectivity index (χ0n) is 6.84. The van der Waals surface area contributed by atoms with Crippen molar-refractivity contribution >= 4 is 12.4 Å². The molecule has 0 spiro atoms. The maximum absolute atomic E-state index is 12.9. The summed E-state index contributed by atoms with van der Waals surface area (Å²) in [6.45, 7) is 0.0256. The van der Waals surface area contributed by atoms with Gasteiger partial charge in [-0.1, -0.05) is 6.07 Å². The van der Waals surface area contributed by atoms with Crippen LogP contribution in [0.2, 0.25) is 0 Å². The lowest BCUT2D eigenvalue weighted by Gasteiger charge is -2.10. The smallest absolute Gasteiger partial charge is 0.130 e. The quantitative estimate of drug-likeness (QED) is 0.771. The minimum Gasteiger partial charge on any atom is -0.329 e. The number of halogens is 3. The SMILES string of the molecule is Cl.NC[C@H](N)c1c(F)cccc1F. The van der Waals surface area contributed by atoms with Crippen LogP contribution in [-0.2, 0) is 0 Å². The van der Waals surface area contributed by atoms with Crippen LogP contribution in [0.15, 0.2) is 18.2 Å². The molecule has 2 nitrogen and oxygen atoms in total. The van der Waals surface area contributed by atoms with Crippen LogP contribution in [0.3, 0.4) is 0 Å². The van der Waals surface area contributed by atoms with E-state index in [4.69, 9.17) is 11.5 Å². The first-order chi connectivity index (χ1) is 5.66. The van der Waals surface area contributed by atoms with Gasteiger partial charge < -0.3 is 11.5 Å². The van der Waals surface area contributed by atoms with Gasteiger partial charge in [-0.2, -0.15) is 0 Å². The largest absolute Gasteiger partial charge is 0.329 e. The molecule has 0 bridgehead atoms. The van der Waals surface area contributed by atoms with E-state index < -0.39 is 17.7 Å². The third-order valence-corrected chi connectivity index (χ3v) is 1.62. The standard InChI is InChI=1S/C8H10F2N2.ClH/c9-5-2-1-3-6(10)8(5)7(12)4-11;/h1-3,7H,4,11-12H2;1H/t7-;/m0./s1. The first-order valence-electron chi connectivity index (χ1n) is 3.56. The van der Waals surface area contributed by atoms with Crippen LogP contribution in [0.5, 0.6) is 0 Å². The van der Waals surface area contributed by atoms with Gasteiger partial charge in [0.2, 0.25) is 0 Å². The molecule has 1 rings (SSSR count). The fraction of sp³-hybridized carbons (Fsp3) is 0.250. The number of hydrogen-bond donors (Lipinski definition) is 2. The van der Waals surface area contributed by atoms with E-state index in [1.165, 1.54) is 6.07 Å². The van der Waals surface area contributed by atoms with Crippen molar-refractivity contribution in [3.8, 4) is 0 Å². The molecule has 1 atom stereocenters. The molecule has 13 heavy (non-hydrogen) atoms. The van der Waals surface area contributed by atoms with Gasteiger partial charge in [0.25, 0.3) is 0 Å². The van der Waals surface area contributed by atoms with E-state index in [9.17, 15) is 8.78 Å². The normalized spacial score (nSPS) is 12.0. The highest BCUT2D eigenvalue weighted by molar-refractivity contribution is 5.85. The second-order valence-electron chi connectivity index (χ2n) is 2.48. The first kappa shape index (κ1) is 12.3. The highest BCUT2D eigenvalue weighted by Gasteiger charge is 2.14. The zero-order valence-corrected chi connectivity index (χ0v) is 7.65. The van der Waals surface area contributed by atoms with E-state index in [1.807, 2.05) is 0 Å². The molecule has 0 heterocycles. The Balaban J connectivity index is 0.00000144. The van der Waals surface area contributed by atoms with E-state index >= 15 is 0 Å². The van der Waals surface area contributed by atoms with E-state index in [2.05, 4.69) is 0 Å². The first-order valence-corrected chi connectivity index (χ1v) is 3.56. The summed E-state index contributed by atoms with van der Waals surface area (Å²) in [7, 11) is 0. The molecule has 74 valence electrons. The van der Waals surface area contributed by atoms with Crippen LogP contribution >= 0.6 is 12.4 Å². The molecule has 4 N–H and O–H groups in total. The lowest BCUT2D eigenvalue weighted by atomic mass is 10.1. The molecule has 1 aromatic carbocycles. The Labute approximate surface area is 81.3 Å². The Morgan fingerprint density at radius 1 is 1.23 bits per heavy atom. The molecule has 0 saturated heterocycles. The Kier molecular flexibility index (Phi) is 4.83. The predicted octanol–water partition coefficient (Wildman–Crippen LogP) is 1.35. The van der Waals surface area contributed by atoms with Gasteiger partial charge in [0.1, 0.15) is 11.6 Å². The van der Waals surface area contributed by atoms with Crippen molar-refractivity contribution in [3.05, 3.63) is 35.4 Å². The van der Waals surface area contributed by atoms with Gasteiger partial charge in [-0.25, -0.2) is 8.78 Å². The van der Waals surface area contributed by atoms with Crippen LogP contribution in [-0.4, -0.2) is 6.54 Å². The molecule has 0 fully saturated rings. The van der Waals surface area contributed by atoms with Gasteiger partial charge in [-0.3, -0.25) is 0 Å². The minimum atomic E-state index is -0.772. The Bertz CT molecular complexity index is 261. The summed E-state index contributed by atoms with van der Waals surface area (Å²) < 4.78 is 25.8.